The molecule has 2 aromatic rings. The van der Waals surface area contributed by atoms with Crippen LogP contribution >= 0.6 is 11.3 Å². The third-order valence-electron chi connectivity index (χ3n) is 1.83. The van der Waals surface area contributed by atoms with E-state index in [4.69, 9.17) is 0 Å². The molecule has 0 spiro atoms. The van der Waals surface area contributed by atoms with Gasteiger partial charge >= 0.3 is 0 Å². The minimum Gasteiger partial charge on any atom is -0.325 e. The van der Waals surface area contributed by atoms with Gasteiger partial charge in [0.15, 0.2) is 5.01 Å². The van der Waals surface area contributed by atoms with Crippen molar-refractivity contribution in [1.29, 1.82) is 0 Å². The van der Waals surface area contributed by atoms with Crippen LogP contribution in [0.5, 0.6) is 0 Å². The third-order valence-corrected chi connectivity index (χ3v) is 2.69. The first kappa shape index (κ1) is 10.7. The molecule has 0 fully saturated rings. The number of amides is 1. The molecule has 0 aliphatic heterocycles. The van der Waals surface area contributed by atoms with Crippen molar-refractivity contribution in [2.24, 2.45) is 0 Å². The van der Waals surface area contributed by atoms with E-state index in [0.717, 1.165) is 15.7 Å². The molecule has 1 amide bonds. The van der Waals surface area contributed by atoms with Crippen LogP contribution < -0.4 is 5.32 Å². The van der Waals surface area contributed by atoms with Crippen LogP contribution in [0.25, 0.3) is 10.7 Å². The molecule has 16 heavy (non-hydrogen) atoms. The number of nitrogens with zero attached hydrogens (tertiary/aromatic N) is 3. The molecule has 6 heteroatoms. The van der Waals surface area contributed by atoms with Gasteiger partial charge in [-0.3, -0.25) is 9.78 Å². The first-order chi connectivity index (χ1) is 7.65. The van der Waals surface area contributed by atoms with Gasteiger partial charge in [0, 0.05) is 6.92 Å². The largest absolute Gasteiger partial charge is 0.325 e. The molecule has 0 saturated carbocycles. The summed E-state index contributed by atoms with van der Waals surface area (Å²) in [4.78, 5) is 15.0. The lowest BCUT2D eigenvalue weighted by atomic mass is 10.3. The quantitative estimate of drug-likeness (QED) is 0.861. The lowest BCUT2D eigenvalue weighted by Crippen LogP contribution is -2.05. The van der Waals surface area contributed by atoms with Gasteiger partial charge in [0.1, 0.15) is 10.7 Å². The number of anilines is 1. The molecule has 0 saturated heterocycles. The first-order valence-corrected chi connectivity index (χ1v) is 5.51. The number of carbonyl (C=O) groups excluding carboxylic acids is 1. The van der Waals surface area contributed by atoms with Gasteiger partial charge in [-0.25, -0.2) is 0 Å². The average Bonchev–Trinajstić information content (AvgIpc) is 2.65. The summed E-state index contributed by atoms with van der Waals surface area (Å²) in [6, 6.07) is 3.60. The van der Waals surface area contributed by atoms with Gasteiger partial charge in [-0.1, -0.05) is 11.3 Å². The zero-order valence-electron chi connectivity index (χ0n) is 8.89. The van der Waals surface area contributed by atoms with Crippen molar-refractivity contribution < 1.29 is 4.79 Å². The molecule has 2 heterocycles. The van der Waals surface area contributed by atoms with E-state index in [1.807, 2.05) is 13.0 Å². The molecule has 0 aliphatic rings. The predicted molar refractivity (Wildman–Crippen MR) is 62.2 cm³/mol. The van der Waals surface area contributed by atoms with Crippen LogP contribution in [0.15, 0.2) is 18.3 Å². The highest BCUT2D eigenvalue weighted by Gasteiger charge is 2.05. The van der Waals surface area contributed by atoms with E-state index in [9.17, 15) is 4.79 Å². The van der Waals surface area contributed by atoms with Gasteiger partial charge in [-0.2, -0.15) is 0 Å². The fourth-order valence-electron chi connectivity index (χ4n) is 1.20. The minimum absolute atomic E-state index is 0.110. The van der Waals surface area contributed by atoms with Crippen LogP contribution in [0, 0.1) is 6.92 Å². The molecular formula is C10H10N4OS. The van der Waals surface area contributed by atoms with Gasteiger partial charge < -0.3 is 5.32 Å². The van der Waals surface area contributed by atoms with E-state index in [1.165, 1.54) is 18.3 Å². The second kappa shape index (κ2) is 4.36. The van der Waals surface area contributed by atoms with Crippen molar-refractivity contribution >= 4 is 22.9 Å². The minimum atomic E-state index is -0.110. The second-order valence-electron chi connectivity index (χ2n) is 3.24. The summed E-state index contributed by atoms with van der Waals surface area (Å²) in [5.41, 5.74) is 1.44. The van der Waals surface area contributed by atoms with E-state index in [-0.39, 0.29) is 5.91 Å². The van der Waals surface area contributed by atoms with Crippen LogP contribution in [0.4, 0.5) is 5.69 Å². The third kappa shape index (κ3) is 2.40. The number of pyridine rings is 1. The zero-order valence-corrected chi connectivity index (χ0v) is 9.71. The lowest BCUT2D eigenvalue weighted by Gasteiger charge is -2.01. The fourth-order valence-corrected chi connectivity index (χ4v) is 1.87. The summed E-state index contributed by atoms with van der Waals surface area (Å²) in [5.74, 6) is -0.110. The van der Waals surface area contributed by atoms with Crippen molar-refractivity contribution in [3.63, 3.8) is 0 Å². The highest BCUT2D eigenvalue weighted by atomic mass is 32.1. The van der Waals surface area contributed by atoms with Gasteiger partial charge in [0.25, 0.3) is 0 Å². The fraction of sp³-hybridized carbons (Fsp3) is 0.200. The van der Waals surface area contributed by atoms with Crippen LogP contribution in [0.2, 0.25) is 0 Å². The lowest BCUT2D eigenvalue weighted by molar-refractivity contribution is -0.114. The molecule has 0 atom stereocenters. The van der Waals surface area contributed by atoms with Crippen molar-refractivity contribution in [2.45, 2.75) is 13.8 Å². The molecular weight excluding hydrogens is 224 g/mol. The molecule has 1 N–H and O–H groups in total. The van der Waals surface area contributed by atoms with E-state index in [0.29, 0.717) is 5.69 Å². The maximum absolute atomic E-state index is 10.8. The number of aryl methyl sites for hydroxylation is 1. The molecule has 0 aromatic carbocycles. The Bertz CT molecular complexity index is 506. The number of aromatic nitrogens is 3. The Balaban J connectivity index is 2.22. The number of hydrogen-bond acceptors (Lipinski definition) is 5. The smallest absolute Gasteiger partial charge is 0.221 e. The van der Waals surface area contributed by atoms with Gasteiger partial charge in [0.2, 0.25) is 5.91 Å². The monoisotopic (exact) mass is 234 g/mol. The summed E-state index contributed by atoms with van der Waals surface area (Å²) in [6.07, 6.45) is 1.60. The molecule has 0 bridgehead atoms. The average molecular weight is 234 g/mol. The predicted octanol–water partition coefficient (Wildman–Crippen LogP) is 1.87. The number of nitrogens with one attached hydrogen (secondary N) is 1. The molecule has 5 nitrogen and oxygen atoms in total. The van der Waals surface area contributed by atoms with Gasteiger partial charge in [0.05, 0.1) is 11.9 Å². The van der Waals surface area contributed by atoms with Crippen LogP contribution in [0.1, 0.15) is 11.9 Å². The van der Waals surface area contributed by atoms with E-state index in [2.05, 4.69) is 20.5 Å². The summed E-state index contributed by atoms with van der Waals surface area (Å²) in [5, 5.41) is 12.3. The van der Waals surface area contributed by atoms with Crippen molar-refractivity contribution in [2.75, 3.05) is 5.32 Å². The van der Waals surface area contributed by atoms with E-state index >= 15 is 0 Å². The number of carbonyl (C=O) groups is 1. The van der Waals surface area contributed by atoms with Crippen LogP contribution in [-0.4, -0.2) is 21.1 Å². The van der Waals surface area contributed by atoms with Crippen molar-refractivity contribution in [1.82, 2.24) is 15.2 Å². The van der Waals surface area contributed by atoms with Crippen molar-refractivity contribution in [3.8, 4) is 10.7 Å². The Hall–Kier alpha value is -1.82. The molecule has 2 rings (SSSR count). The van der Waals surface area contributed by atoms with Crippen LogP contribution in [0.3, 0.4) is 0 Å². The van der Waals surface area contributed by atoms with E-state index < -0.39 is 0 Å². The SMILES string of the molecule is CC(=O)Nc1ccc(-c2nnc(C)s2)nc1. The Kier molecular flexibility index (Phi) is 2.91. The Morgan fingerprint density at radius 2 is 2.19 bits per heavy atom. The zero-order chi connectivity index (χ0) is 11.5. The summed E-state index contributed by atoms with van der Waals surface area (Å²) in [7, 11) is 0. The maximum atomic E-state index is 10.8. The first-order valence-electron chi connectivity index (χ1n) is 4.69. The number of hydrogen-bond donors (Lipinski definition) is 1. The molecule has 82 valence electrons. The summed E-state index contributed by atoms with van der Waals surface area (Å²) < 4.78 is 0. The molecule has 0 radical (unpaired) electrons. The summed E-state index contributed by atoms with van der Waals surface area (Å²) >= 11 is 1.49. The highest BCUT2D eigenvalue weighted by molar-refractivity contribution is 7.14. The Morgan fingerprint density at radius 1 is 1.38 bits per heavy atom. The maximum Gasteiger partial charge on any atom is 0.221 e. The van der Waals surface area contributed by atoms with Gasteiger partial charge in [-0.15, -0.1) is 10.2 Å². The standard InChI is InChI=1S/C10H10N4OS/c1-6(15)12-8-3-4-9(11-5-8)10-14-13-7(2)16-10/h3-5H,1-2H3,(H,12,15). The van der Waals surface area contributed by atoms with Crippen LogP contribution in [-0.2, 0) is 4.79 Å². The highest BCUT2D eigenvalue weighted by Crippen LogP contribution is 2.21. The van der Waals surface area contributed by atoms with Gasteiger partial charge in [-0.05, 0) is 19.1 Å². The summed E-state index contributed by atoms with van der Waals surface area (Å²) in [6.45, 7) is 3.36. The normalized spacial score (nSPS) is 10.1. The molecule has 0 unspecified atom stereocenters. The molecule has 0 aliphatic carbocycles. The van der Waals surface area contributed by atoms with E-state index in [1.54, 1.807) is 12.3 Å². The topological polar surface area (TPSA) is 67.8 Å². The van der Waals surface area contributed by atoms with Crippen molar-refractivity contribution in [3.05, 3.63) is 23.3 Å². The number of rotatable bonds is 2. The Morgan fingerprint density at radius 3 is 2.69 bits per heavy atom. The second-order valence-corrected chi connectivity index (χ2v) is 4.42. The Labute approximate surface area is 96.6 Å². The molecule has 2 aromatic heterocycles.